The zero-order chi connectivity index (χ0) is 15.0. The Morgan fingerprint density at radius 3 is 2.20 bits per heavy atom. The third-order valence-corrected chi connectivity index (χ3v) is 3.39. The van der Waals surface area contributed by atoms with Gasteiger partial charge in [0.2, 0.25) is 0 Å². The molecule has 0 radical (unpaired) electrons. The molecule has 0 amide bonds. The predicted molar refractivity (Wildman–Crippen MR) is 77.4 cm³/mol. The number of aromatic carboxylic acids is 2. The molecule has 110 valence electrons. The second-order valence-corrected chi connectivity index (χ2v) is 4.97. The van der Waals surface area contributed by atoms with Crippen molar-refractivity contribution in [1.82, 2.24) is 0 Å². The first-order valence-corrected chi connectivity index (χ1v) is 7.16. The van der Waals surface area contributed by atoms with Gasteiger partial charge in [0.05, 0.1) is 11.1 Å². The van der Waals surface area contributed by atoms with Crippen molar-refractivity contribution < 1.29 is 19.8 Å². The van der Waals surface area contributed by atoms with Crippen molar-refractivity contribution in [2.45, 2.75) is 51.9 Å². The fraction of sp³-hybridized carbons (Fsp3) is 0.500. The Kier molecular flexibility index (Phi) is 6.77. The van der Waals surface area contributed by atoms with Gasteiger partial charge in [0.25, 0.3) is 0 Å². The van der Waals surface area contributed by atoms with Crippen LogP contribution in [0.4, 0.5) is 0 Å². The summed E-state index contributed by atoms with van der Waals surface area (Å²) >= 11 is 0. The molecule has 0 saturated carbocycles. The molecular formula is C16H22O4. The Morgan fingerprint density at radius 2 is 1.60 bits per heavy atom. The Balaban J connectivity index is 2.67. The van der Waals surface area contributed by atoms with Crippen LogP contribution < -0.4 is 0 Å². The second kappa shape index (κ2) is 8.35. The van der Waals surface area contributed by atoms with E-state index < -0.39 is 11.9 Å². The number of carboxylic acid groups (broad SMARTS) is 2. The van der Waals surface area contributed by atoms with Crippen molar-refractivity contribution in [2.75, 3.05) is 0 Å². The molecule has 0 aliphatic carbocycles. The van der Waals surface area contributed by atoms with Crippen molar-refractivity contribution in [3.05, 3.63) is 34.9 Å². The fourth-order valence-electron chi connectivity index (χ4n) is 2.34. The van der Waals surface area contributed by atoms with Gasteiger partial charge in [-0.15, -0.1) is 0 Å². The molecule has 0 fully saturated rings. The number of hydrogen-bond donors (Lipinski definition) is 2. The summed E-state index contributed by atoms with van der Waals surface area (Å²) in [5.74, 6) is -2.35. The van der Waals surface area contributed by atoms with Crippen LogP contribution in [-0.4, -0.2) is 22.2 Å². The van der Waals surface area contributed by atoms with Gasteiger partial charge in [-0.05, 0) is 24.5 Å². The highest BCUT2D eigenvalue weighted by atomic mass is 16.4. The lowest BCUT2D eigenvalue weighted by Crippen LogP contribution is -2.11. The molecule has 1 aromatic rings. The number of rotatable bonds is 9. The van der Waals surface area contributed by atoms with E-state index in [4.69, 9.17) is 5.11 Å². The van der Waals surface area contributed by atoms with Crippen molar-refractivity contribution in [1.29, 1.82) is 0 Å². The first-order valence-electron chi connectivity index (χ1n) is 7.16. The minimum absolute atomic E-state index is 0.0615. The molecular weight excluding hydrogens is 256 g/mol. The zero-order valence-electron chi connectivity index (χ0n) is 11.9. The molecule has 0 unspecified atom stereocenters. The van der Waals surface area contributed by atoms with Crippen LogP contribution in [-0.2, 0) is 6.42 Å². The molecule has 0 aromatic heterocycles. The van der Waals surface area contributed by atoms with E-state index in [9.17, 15) is 14.7 Å². The third-order valence-electron chi connectivity index (χ3n) is 3.39. The Bertz CT molecular complexity index is 466. The predicted octanol–water partition coefficient (Wildman–Crippen LogP) is 3.99. The van der Waals surface area contributed by atoms with Crippen LogP contribution >= 0.6 is 0 Å². The average Bonchev–Trinajstić information content (AvgIpc) is 2.42. The van der Waals surface area contributed by atoms with E-state index in [2.05, 4.69) is 6.92 Å². The summed E-state index contributed by atoms with van der Waals surface area (Å²) in [5.41, 5.74) is 0.433. The van der Waals surface area contributed by atoms with Crippen molar-refractivity contribution in [2.24, 2.45) is 0 Å². The van der Waals surface area contributed by atoms with Gasteiger partial charge in [-0.25, -0.2) is 9.59 Å². The number of unbranched alkanes of at least 4 members (excludes halogenated alkanes) is 5. The van der Waals surface area contributed by atoms with Crippen LogP contribution in [0.15, 0.2) is 18.2 Å². The van der Waals surface area contributed by atoms with Gasteiger partial charge < -0.3 is 10.2 Å². The molecule has 0 bridgehead atoms. The minimum Gasteiger partial charge on any atom is -0.478 e. The normalized spacial score (nSPS) is 10.4. The quantitative estimate of drug-likeness (QED) is 0.670. The van der Waals surface area contributed by atoms with Crippen LogP contribution in [0.5, 0.6) is 0 Å². The summed E-state index contributed by atoms with van der Waals surface area (Å²) < 4.78 is 0. The van der Waals surface area contributed by atoms with Crippen molar-refractivity contribution in [3.8, 4) is 0 Å². The summed E-state index contributed by atoms with van der Waals surface area (Å²) in [6.45, 7) is 2.16. The Hall–Kier alpha value is -1.84. The highest BCUT2D eigenvalue weighted by molar-refractivity contribution is 6.02. The van der Waals surface area contributed by atoms with Gasteiger partial charge in [0.15, 0.2) is 0 Å². The molecule has 1 aromatic carbocycles. The van der Waals surface area contributed by atoms with Crippen LogP contribution in [0, 0.1) is 0 Å². The maximum atomic E-state index is 11.3. The number of hydrogen-bond acceptors (Lipinski definition) is 2. The van der Waals surface area contributed by atoms with E-state index in [1.165, 1.54) is 25.3 Å². The summed E-state index contributed by atoms with van der Waals surface area (Å²) in [7, 11) is 0. The second-order valence-electron chi connectivity index (χ2n) is 4.97. The molecule has 0 saturated heterocycles. The lowest BCUT2D eigenvalue weighted by Gasteiger charge is -2.09. The zero-order valence-corrected chi connectivity index (χ0v) is 11.9. The lowest BCUT2D eigenvalue weighted by atomic mass is 9.96. The van der Waals surface area contributed by atoms with E-state index in [1.807, 2.05) is 0 Å². The van der Waals surface area contributed by atoms with Crippen molar-refractivity contribution >= 4 is 11.9 Å². The van der Waals surface area contributed by atoms with Gasteiger partial charge in [-0.2, -0.15) is 0 Å². The van der Waals surface area contributed by atoms with Gasteiger partial charge in [0.1, 0.15) is 0 Å². The number of carboxylic acids is 2. The highest BCUT2D eigenvalue weighted by Gasteiger charge is 2.19. The van der Waals surface area contributed by atoms with E-state index in [1.54, 1.807) is 12.1 Å². The number of benzene rings is 1. The smallest absolute Gasteiger partial charge is 0.336 e. The van der Waals surface area contributed by atoms with E-state index in [0.29, 0.717) is 12.0 Å². The summed E-state index contributed by atoms with van der Waals surface area (Å²) in [6.07, 6.45) is 7.35. The standard InChI is InChI=1S/C16H22O4/c1-2-3-4-5-6-7-9-12-10-8-11-13(15(17)18)14(12)16(19)20/h8,10-11H,2-7,9H2,1H3,(H,17,18)(H,19,20). The van der Waals surface area contributed by atoms with Crippen LogP contribution in [0.1, 0.15) is 71.7 Å². The molecule has 2 N–H and O–H groups in total. The van der Waals surface area contributed by atoms with Crippen LogP contribution in [0.2, 0.25) is 0 Å². The molecule has 0 heterocycles. The topological polar surface area (TPSA) is 74.6 Å². The Labute approximate surface area is 119 Å². The van der Waals surface area contributed by atoms with Gasteiger partial charge in [0, 0.05) is 0 Å². The first-order chi connectivity index (χ1) is 9.57. The van der Waals surface area contributed by atoms with Crippen LogP contribution in [0.3, 0.4) is 0 Å². The first kappa shape index (κ1) is 16.2. The molecule has 0 aliphatic rings. The largest absolute Gasteiger partial charge is 0.478 e. The molecule has 0 spiro atoms. The molecule has 0 atom stereocenters. The summed E-state index contributed by atoms with van der Waals surface area (Å²) in [6, 6.07) is 4.67. The average molecular weight is 278 g/mol. The summed E-state index contributed by atoms with van der Waals surface area (Å²) in [4.78, 5) is 22.3. The van der Waals surface area contributed by atoms with Crippen LogP contribution in [0.25, 0.3) is 0 Å². The van der Waals surface area contributed by atoms with E-state index >= 15 is 0 Å². The highest BCUT2D eigenvalue weighted by Crippen LogP contribution is 2.18. The number of carbonyl (C=O) groups is 2. The molecule has 20 heavy (non-hydrogen) atoms. The maximum absolute atomic E-state index is 11.3. The van der Waals surface area contributed by atoms with E-state index in [-0.39, 0.29) is 11.1 Å². The lowest BCUT2D eigenvalue weighted by molar-refractivity contribution is 0.0650. The van der Waals surface area contributed by atoms with E-state index in [0.717, 1.165) is 19.3 Å². The molecule has 1 rings (SSSR count). The van der Waals surface area contributed by atoms with Gasteiger partial charge in [-0.1, -0.05) is 51.2 Å². The SMILES string of the molecule is CCCCCCCCc1cccc(C(=O)O)c1C(=O)O. The van der Waals surface area contributed by atoms with Gasteiger partial charge >= 0.3 is 11.9 Å². The molecule has 4 heteroatoms. The number of aryl methyl sites for hydroxylation is 1. The summed E-state index contributed by atoms with van der Waals surface area (Å²) in [5, 5.41) is 18.2. The monoisotopic (exact) mass is 278 g/mol. The Morgan fingerprint density at radius 1 is 0.950 bits per heavy atom. The third kappa shape index (κ3) is 4.68. The van der Waals surface area contributed by atoms with Gasteiger partial charge in [-0.3, -0.25) is 0 Å². The minimum atomic E-state index is -1.19. The maximum Gasteiger partial charge on any atom is 0.336 e. The fourth-order valence-corrected chi connectivity index (χ4v) is 2.34. The molecule has 4 nitrogen and oxygen atoms in total. The van der Waals surface area contributed by atoms with Crippen molar-refractivity contribution in [3.63, 3.8) is 0 Å². The molecule has 0 aliphatic heterocycles.